The van der Waals surface area contributed by atoms with Crippen molar-refractivity contribution in [2.24, 2.45) is 0 Å². The quantitative estimate of drug-likeness (QED) is 0.179. The highest BCUT2D eigenvalue weighted by atomic mass is 32.1. The van der Waals surface area contributed by atoms with E-state index in [0.717, 1.165) is 72.1 Å². The van der Waals surface area contributed by atoms with E-state index in [1.165, 1.54) is 31.1 Å². The van der Waals surface area contributed by atoms with Crippen molar-refractivity contribution in [2.75, 3.05) is 0 Å². The van der Waals surface area contributed by atoms with Crippen molar-refractivity contribution in [2.45, 2.75) is 0 Å². The van der Waals surface area contributed by atoms with Crippen molar-refractivity contribution in [1.82, 2.24) is 9.97 Å². The van der Waals surface area contributed by atoms with Crippen LogP contribution in [0.3, 0.4) is 0 Å². The monoisotopic (exact) mass is 706 g/mol. The zero-order chi connectivity index (χ0) is 35.6. The third-order valence-corrected chi connectivity index (χ3v) is 11.7. The minimum absolute atomic E-state index is 0.693. The van der Waals surface area contributed by atoms with Crippen LogP contribution in [0.5, 0.6) is 0 Å². The van der Waals surface area contributed by atoms with Crippen LogP contribution in [-0.4, -0.2) is 9.97 Å². The molecule has 3 nitrogen and oxygen atoms in total. The van der Waals surface area contributed by atoms with Crippen LogP contribution >= 0.6 is 11.3 Å². The lowest BCUT2D eigenvalue weighted by Crippen LogP contribution is -1.96. The molecule has 0 saturated carbocycles. The Morgan fingerprint density at radius 2 is 1.02 bits per heavy atom. The number of rotatable bonds is 5. The fraction of sp³-hybridized carbons (Fsp3) is 0. The molecular formula is C50H30N2OS. The fourth-order valence-electron chi connectivity index (χ4n) is 7.87. The van der Waals surface area contributed by atoms with Crippen LogP contribution in [0.15, 0.2) is 186 Å². The molecule has 0 N–H and O–H groups in total. The SMILES string of the molecule is c1ccc(-c2cc(-c3ccccc3)nc(-c3ccc(-c4ccc(-c5cccc6c5sc5ccccc56)c5oc6cc7ccccc7cc6c45)cc3)n2)cc1. The summed E-state index contributed by atoms with van der Waals surface area (Å²) in [5.74, 6) is 0.693. The van der Waals surface area contributed by atoms with E-state index in [9.17, 15) is 0 Å². The van der Waals surface area contributed by atoms with Gasteiger partial charge in [0.2, 0.25) is 0 Å². The number of fused-ring (bicyclic) bond motifs is 7. The summed E-state index contributed by atoms with van der Waals surface area (Å²) in [6.07, 6.45) is 0. The van der Waals surface area contributed by atoms with E-state index in [4.69, 9.17) is 14.4 Å². The Hall–Kier alpha value is -6.88. The summed E-state index contributed by atoms with van der Waals surface area (Å²) in [6, 6.07) is 64.2. The van der Waals surface area contributed by atoms with E-state index in [2.05, 4.69) is 146 Å². The molecule has 3 heterocycles. The first kappa shape index (κ1) is 30.7. The topological polar surface area (TPSA) is 38.9 Å². The largest absolute Gasteiger partial charge is 0.455 e. The Balaban J connectivity index is 1.10. The van der Waals surface area contributed by atoms with Gasteiger partial charge in [-0.05, 0) is 52.2 Å². The molecule has 11 rings (SSSR count). The Bertz CT molecular complexity index is 3140. The molecule has 0 aliphatic carbocycles. The summed E-state index contributed by atoms with van der Waals surface area (Å²) >= 11 is 1.85. The van der Waals surface area contributed by atoms with E-state index >= 15 is 0 Å². The maximum atomic E-state index is 6.92. The molecule has 11 aromatic rings. The van der Waals surface area contributed by atoms with Gasteiger partial charge < -0.3 is 4.42 Å². The van der Waals surface area contributed by atoms with Gasteiger partial charge in [-0.15, -0.1) is 11.3 Å². The fourth-order valence-corrected chi connectivity index (χ4v) is 9.10. The highest BCUT2D eigenvalue weighted by Crippen LogP contribution is 2.46. The second-order valence-electron chi connectivity index (χ2n) is 13.7. The van der Waals surface area contributed by atoms with Crippen molar-refractivity contribution in [3.05, 3.63) is 182 Å². The number of thiophene rings is 1. The number of hydrogen-bond acceptors (Lipinski definition) is 4. The van der Waals surface area contributed by atoms with E-state index in [-0.39, 0.29) is 0 Å². The van der Waals surface area contributed by atoms with Crippen LogP contribution in [0.25, 0.3) is 109 Å². The van der Waals surface area contributed by atoms with Crippen molar-refractivity contribution in [1.29, 1.82) is 0 Å². The first-order valence-corrected chi connectivity index (χ1v) is 19.0. The van der Waals surface area contributed by atoms with Crippen LogP contribution in [0, 0.1) is 0 Å². The number of benzene rings is 8. The third kappa shape index (κ3) is 5.03. The number of hydrogen-bond donors (Lipinski definition) is 0. The van der Waals surface area contributed by atoms with Crippen LogP contribution in [0.1, 0.15) is 0 Å². The Morgan fingerprint density at radius 1 is 0.407 bits per heavy atom. The van der Waals surface area contributed by atoms with Crippen molar-refractivity contribution < 1.29 is 4.42 Å². The molecule has 0 saturated heterocycles. The molecule has 0 unspecified atom stereocenters. The van der Waals surface area contributed by atoms with Crippen LogP contribution < -0.4 is 0 Å². The molecule has 252 valence electrons. The summed E-state index contributed by atoms with van der Waals surface area (Å²) in [7, 11) is 0. The molecule has 0 atom stereocenters. The van der Waals surface area contributed by atoms with Gasteiger partial charge in [-0.2, -0.15) is 0 Å². The molecule has 0 fully saturated rings. The second kappa shape index (κ2) is 12.4. The molecular weight excluding hydrogens is 677 g/mol. The van der Waals surface area contributed by atoms with E-state index in [1.54, 1.807) is 0 Å². The molecule has 0 bridgehead atoms. The van der Waals surface area contributed by atoms with Crippen LogP contribution in [-0.2, 0) is 0 Å². The third-order valence-electron chi connectivity index (χ3n) is 10.5. The van der Waals surface area contributed by atoms with Gasteiger partial charge in [0.05, 0.1) is 11.4 Å². The van der Waals surface area contributed by atoms with E-state index in [1.807, 2.05) is 47.7 Å². The summed E-state index contributed by atoms with van der Waals surface area (Å²) in [6.45, 7) is 0. The molecule has 0 aliphatic heterocycles. The molecule has 0 spiro atoms. The summed E-state index contributed by atoms with van der Waals surface area (Å²) in [5, 5.41) is 7.15. The summed E-state index contributed by atoms with van der Waals surface area (Å²) < 4.78 is 9.48. The summed E-state index contributed by atoms with van der Waals surface area (Å²) in [4.78, 5) is 10.1. The van der Waals surface area contributed by atoms with Gasteiger partial charge in [0.25, 0.3) is 0 Å². The lowest BCUT2D eigenvalue weighted by atomic mass is 9.93. The smallest absolute Gasteiger partial charge is 0.160 e. The molecule has 54 heavy (non-hydrogen) atoms. The van der Waals surface area contributed by atoms with Gasteiger partial charge >= 0.3 is 0 Å². The predicted molar refractivity (Wildman–Crippen MR) is 227 cm³/mol. The predicted octanol–water partition coefficient (Wildman–Crippen LogP) is 14.2. The first-order valence-electron chi connectivity index (χ1n) is 18.1. The van der Waals surface area contributed by atoms with Gasteiger partial charge in [-0.1, -0.05) is 152 Å². The minimum Gasteiger partial charge on any atom is -0.455 e. The molecule has 0 amide bonds. The van der Waals surface area contributed by atoms with Gasteiger partial charge in [0, 0.05) is 58.8 Å². The zero-order valence-corrected chi connectivity index (χ0v) is 29.8. The minimum atomic E-state index is 0.693. The standard InChI is InChI=1S/C50H30N2OS/c1-3-12-32(13-4-1)43-30-44(33-14-5-2-6-15-33)52-50(51-43)34-24-22-31(23-25-34)37-26-27-39(41-20-11-19-40-38-18-9-10-21-46(38)54-49(40)41)48-47(37)42-28-35-16-7-8-17-36(35)29-45(42)53-48/h1-30H. The van der Waals surface area contributed by atoms with Crippen molar-refractivity contribution in [3.8, 4) is 56.2 Å². The van der Waals surface area contributed by atoms with Crippen molar-refractivity contribution in [3.63, 3.8) is 0 Å². The van der Waals surface area contributed by atoms with Gasteiger partial charge in [0.15, 0.2) is 5.82 Å². The molecule has 8 aromatic carbocycles. The Labute approximate surface area is 315 Å². The van der Waals surface area contributed by atoms with E-state index in [0.29, 0.717) is 5.82 Å². The maximum absolute atomic E-state index is 6.92. The highest BCUT2D eigenvalue weighted by molar-refractivity contribution is 7.26. The normalized spacial score (nSPS) is 11.7. The number of aromatic nitrogens is 2. The van der Waals surface area contributed by atoms with Crippen LogP contribution in [0.4, 0.5) is 0 Å². The zero-order valence-electron chi connectivity index (χ0n) is 29.0. The first-order chi connectivity index (χ1) is 26.7. The second-order valence-corrected chi connectivity index (χ2v) is 14.8. The van der Waals surface area contributed by atoms with E-state index < -0.39 is 0 Å². The molecule has 0 aliphatic rings. The Kier molecular flexibility index (Phi) is 7.04. The maximum Gasteiger partial charge on any atom is 0.160 e. The van der Waals surface area contributed by atoms with Crippen molar-refractivity contribution >= 4 is 64.2 Å². The average Bonchev–Trinajstić information content (AvgIpc) is 3.82. The summed E-state index contributed by atoms with van der Waals surface area (Å²) in [5.41, 5.74) is 11.2. The van der Waals surface area contributed by atoms with Gasteiger partial charge in [-0.25, -0.2) is 9.97 Å². The molecule has 0 radical (unpaired) electrons. The average molecular weight is 707 g/mol. The lowest BCUT2D eigenvalue weighted by molar-refractivity contribution is 0.670. The van der Waals surface area contributed by atoms with Crippen LogP contribution in [0.2, 0.25) is 0 Å². The highest BCUT2D eigenvalue weighted by Gasteiger charge is 2.21. The lowest BCUT2D eigenvalue weighted by Gasteiger charge is -2.11. The number of furan rings is 1. The molecule has 4 heteroatoms. The van der Waals surface area contributed by atoms with Gasteiger partial charge in [-0.3, -0.25) is 0 Å². The molecule has 3 aromatic heterocycles. The van der Waals surface area contributed by atoms with Gasteiger partial charge in [0.1, 0.15) is 11.2 Å². The number of nitrogens with zero attached hydrogens (tertiary/aromatic N) is 2. The Morgan fingerprint density at radius 3 is 1.76 bits per heavy atom.